The fourth-order valence-corrected chi connectivity index (χ4v) is 2.18. The van der Waals surface area contributed by atoms with Crippen LogP contribution in [0.1, 0.15) is 21.5 Å². The molecule has 2 N–H and O–H groups in total. The van der Waals surface area contributed by atoms with E-state index in [-0.39, 0.29) is 11.3 Å². The van der Waals surface area contributed by atoms with E-state index in [9.17, 15) is 36.2 Å². The predicted molar refractivity (Wildman–Crippen MR) is 81.6 cm³/mol. The van der Waals surface area contributed by atoms with E-state index >= 15 is 0 Å². The third-order valence-electron chi connectivity index (χ3n) is 3.66. The maximum atomic E-state index is 12.8. The topological polar surface area (TPSA) is 73.1 Å². The zero-order valence-corrected chi connectivity index (χ0v) is 13.2. The van der Waals surface area contributed by atoms with Gasteiger partial charge in [0.2, 0.25) is 0 Å². The van der Waals surface area contributed by atoms with Gasteiger partial charge in [0, 0.05) is 16.8 Å². The molecule has 27 heavy (non-hydrogen) atoms. The number of carbonyl (C=O) groups excluding carboxylic acids is 1. The number of benzene rings is 2. The first kappa shape index (κ1) is 20.3. The standard InChI is InChI=1S/C17H10F6N2O2/c18-16(19,20)15(27,17(21,22)23)12-5-7-13(8-6-12)25-14(26)11-3-1-10(9-24)2-4-11/h1-8,27H,(H,25,26). The van der Waals surface area contributed by atoms with E-state index in [0.29, 0.717) is 17.7 Å². The first-order valence-corrected chi connectivity index (χ1v) is 7.18. The number of nitriles is 1. The first-order valence-electron chi connectivity index (χ1n) is 7.18. The van der Waals surface area contributed by atoms with Gasteiger partial charge < -0.3 is 10.4 Å². The van der Waals surface area contributed by atoms with Crippen molar-refractivity contribution in [2.75, 3.05) is 5.32 Å². The highest BCUT2D eigenvalue weighted by molar-refractivity contribution is 6.04. The van der Waals surface area contributed by atoms with E-state index in [2.05, 4.69) is 5.32 Å². The number of carbonyl (C=O) groups is 1. The summed E-state index contributed by atoms with van der Waals surface area (Å²) in [5.41, 5.74) is -6.12. The molecule has 0 radical (unpaired) electrons. The number of alkyl halides is 6. The second-order valence-electron chi connectivity index (χ2n) is 5.43. The Bertz CT molecular complexity index is 851. The van der Waals surface area contributed by atoms with Crippen molar-refractivity contribution in [3.8, 4) is 6.07 Å². The molecular weight excluding hydrogens is 378 g/mol. The second-order valence-corrected chi connectivity index (χ2v) is 5.43. The van der Waals surface area contributed by atoms with Gasteiger partial charge in [-0.2, -0.15) is 31.6 Å². The van der Waals surface area contributed by atoms with Gasteiger partial charge in [0.15, 0.2) is 0 Å². The molecule has 0 heterocycles. The number of amides is 1. The zero-order chi connectivity index (χ0) is 20.5. The van der Waals surface area contributed by atoms with E-state index in [1.54, 1.807) is 0 Å². The van der Waals surface area contributed by atoms with Crippen LogP contribution in [0.15, 0.2) is 48.5 Å². The van der Waals surface area contributed by atoms with Crippen molar-refractivity contribution >= 4 is 11.6 Å². The van der Waals surface area contributed by atoms with Crippen LogP contribution in [0.3, 0.4) is 0 Å². The van der Waals surface area contributed by atoms with Crippen LogP contribution in [0.2, 0.25) is 0 Å². The molecule has 1 amide bonds. The lowest BCUT2D eigenvalue weighted by Gasteiger charge is -2.32. The van der Waals surface area contributed by atoms with Gasteiger partial charge in [0.05, 0.1) is 11.6 Å². The first-order chi connectivity index (χ1) is 12.4. The third-order valence-corrected chi connectivity index (χ3v) is 3.66. The number of hydrogen-bond acceptors (Lipinski definition) is 3. The lowest BCUT2D eigenvalue weighted by molar-refractivity contribution is -0.376. The second kappa shape index (κ2) is 6.92. The minimum atomic E-state index is -5.99. The van der Waals surface area contributed by atoms with E-state index in [1.807, 2.05) is 6.07 Å². The molecule has 142 valence electrons. The molecular formula is C17H10F6N2O2. The van der Waals surface area contributed by atoms with E-state index in [0.717, 1.165) is 12.1 Å². The summed E-state index contributed by atoms with van der Waals surface area (Å²) in [5.74, 6) is -0.686. The van der Waals surface area contributed by atoms with E-state index in [4.69, 9.17) is 5.26 Å². The zero-order valence-electron chi connectivity index (χ0n) is 13.2. The van der Waals surface area contributed by atoms with Crippen LogP contribution >= 0.6 is 0 Å². The molecule has 2 aromatic carbocycles. The number of nitrogens with zero attached hydrogens (tertiary/aromatic N) is 1. The van der Waals surface area contributed by atoms with Crippen LogP contribution in [-0.4, -0.2) is 23.4 Å². The summed E-state index contributed by atoms with van der Waals surface area (Å²) in [5, 5.41) is 20.3. The molecule has 0 aliphatic rings. The Kier molecular flexibility index (Phi) is 5.19. The molecule has 10 heteroatoms. The van der Waals surface area contributed by atoms with E-state index < -0.39 is 29.4 Å². The third kappa shape index (κ3) is 3.88. The van der Waals surface area contributed by atoms with Gasteiger partial charge in [0.25, 0.3) is 11.5 Å². The Morgan fingerprint density at radius 3 is 1.78 bits per heavy atom. The number of halogens is 6. The minimum absolute atomic E-state index is 0.0835. The Labute approximate surface area is 148 Å². The van der Waals surface area contributed by atoms with Crippen molar-refractivity contribution in [1.82, 2.24) is 0 Å². The van der Waals surface area contributed by atoms with Crippen LogP contribution in [0.5, 0.6) is 0 Å². The quantitative estimate of drug-likeness (QED) is 0.777. The number of nitrogens with one attached hydrogen (secondary N) is 1. The molecule has 0 saturated carbocycles. The number of aliphatic hydroxyl groups is 1. The molecule has 0 saturated heterocycles. The summed E-state index contributed by atoms with van der Waals surface area (Å²) >= 11 is 0. The summed E-state index contributed by atoms with van der Waals surface area (Å²) in [4.78, 5) is 12.0. The van der Waals surface area contributed by atoms with Gasteiger partial charge in [0.1, 0.15) is 0 Å². The van der Waals surface area contributed by atoms with Crippen molar-refractivity contribution in [2.45, 2.75) is 18.0 Å². The lowest BCUT2D eigenvalue weighted by Crippen LogP contribution is -2.53. The fraction of sp³-hybridized carbons (Fsp3) is 0.176. The predicted octanol–water partition coefficient (Wildman–Crippen LogP) is 4.12. The molecule has 0 atom stereocenters. The Hall–Kier alpha value is -3.06. The molecule has 0 spiro atoms. The number of hydrogen-bond donors (Lipinski definition) is 2. The summed E-state index contributed by atoms with van der Waals surface area (Å²) in [6.07, 6.45) is -12.0. The fourth-order valence-electron chi connectivity index (χ4n) is 2.18. The van der Waals surface area contributed by atoms with Crippen molar-refractivity contribution in [1.29, 1.82) is 5.26 Å². The smallest absolute Gasteiger partial charge is 0.369 e. The van der Waals surface area contributed by atoms with Gasteiger partial charge in [-0.25, -0.2) is 0 Å². The summed E-state index contributed by atoms with van der Waals surface area (Å²) in [6.45, 7) is 0. The summed E-state index contributed by atoms with van der Waals surface area (Å²) < 4.78 is 76.9. The summed E-state index contributed by atoms with van der Waals surface area (Å²) in [6, 6.07) is 9.70. The van der Waals surface area contributed by atoms with Crippen molar-refractivity contribution < 1.29 is 36.2 Å². The molecule has 0 aliphatic carbocycles. The van der Waals surface area contributed by atoms with E-state index in [1.165, 1.54) is 24.3 Å². The molecule has 0 fully saturated rings. The molecule has 0 bridgehead atoms. The number of rotatable bonds is 3. The molecule has 0 unspecified atom stereocenters. The Morgan fingerprint density at radius 2 is 1.37 bits per heavy atom. The molecule has 0 aliphatic heterocycles. The van der Waals surface area contributed by atoms with Gasteiger partial charge in [-0.15, -0.1) is 0 Å². The molecule has 2 aromatic rings. The SMILES string of the molecule is N#Cc1ccc(C(=O)Nc2ccc(C(O)(C(F)(F)F)C(F)(F)F)cc2)cc1. The van der Waals surface area contributed by atoms with Gasteiger partial charge in [-0.3, -0.25) is 4.79 Å². The van der Waals surface area contributed by atoms with Crippen molar-refractivity contribution in [3.63, 3.8) is 0 Å². The lowest BCUT2D eigenvalue weighted by atomic mass is 9.92. The van der Waals surface area contributed by atoms with Crippen LogP contribution < -0.4 is 5.32 Å². The molecule has 0 aromatic heterocycles. The monoisotopic (exact) mass is 388 g/mol. The maximum absolute atomic E-state index is 12.8. The average molecular weight is 388 g/mol. The highest BCUT2D eigenvalue weighted by Gasteiger charge is 2.71. The highest BCUT2D eigenvalue weighted by Crippen LogP contribution is 2.50. The van der Waals surface area contributed by atoms with Crippen LogP contribution in [0.4, 0.5) is 32.0 Å². The average Bonchev–Trinajstić information content (AvgIpc) is 2.59. The highest BCUT2D eigenvalue weighted by atomic mass is 19.4. The van der Waals surface area contributed by atoms with Crippen LogP contribution in [0.25, 0.3) is 0 Å². The maximum Gasteiger partial charge on any atom is 0.430 e. The van der Waals surface area contributed by atoms with Crippen molar-refractivity contribution in [2.24, 2.45) is 0 Å². The van der Waals surface area contributed by atoms with Crippen LogP contribution in [-0.2, 0) is 5.60 Å². The number of anilines is 1. The van der Waals surface area contributed by atoms with Gasteiger partial charge >= 0.3 is 12.4 Å². The minimum Gasteiger partial charge on any atom is -0.369 e. The van der Waals surface area contributed by atoms with Crippen LogP contribution in [0, 0.1) is 11.3 Å². The summed E-state index contributed by atoms with van der Waals surface area (Å²) in [7, 11) is 0. The normalized spacial score (nSPS) is 12.4. The van der Waals surface area contributed by atoms with Gasteiger partial charge in [-0.1, -0.05) is 12.1 Å². The Morgan fingerprint density at radius 1 is 0.889 bits per heavy atom. The van der Waals surface area contributed by atoms with Gasteiger partial charge in [-0.05, 0) is 36.4 Å². The molecule has 4 nitrogen and oxygen atoms in total. The van der Waals surface area contributed by atoms with Crippen molar-refractivity contribution in [3.05, 3.63) is 65.2 Å². The largest absolute Gasteiger partial charge is 0.430 e. The molecule has 2 rings (SSSR count). The Balaban J connectivity index is 2.26.